The number of imidazole rings is 1. The topological polar surface area (TPSA) is 75.1 Å². The molecule has 20 heavy (non-hydrogen) atoms. The van der Waals surface area contributed by atoms with Crippen LogP contribution in [0.1, 0.15) is 30.1 Å². The van der Waals surface area contributed by atoms with E-state index in [0.717, 1.165) is 17.7 Å². The van der Waals surface area contributed by atoms with Crippen LogP contribution in [0.15, 0.2) is 23.0 Å². The van der Waals surface area contributed by atoms with Crippen LogP contribution in [-0.4, -0.2) is 31.1 Å². The van der Waals surface area contributed by atoms with Gasteiger partial charge in [0.1, 0.15) is 0 Å². The number of hydrogen-bond acceptors (Lipinski definition) is 3. The minimum absolute atomic E-state index is 0.0877. The second-order valence-corrected chi connectivity index (χ2v) is 7.14. The molecule has 1 atom stereocenters. The lowest BCUT2D eigenvalue weighted by molar-refractivity contribution is 0.0697. The lowest BCUT2D eigenvalue weighted by Crippen LogP contribution is -2.29. The molecule has 1 aliphatic heterocycles. The van der Waals surface area contributed by atoms with Gasteiger partial charge in [0.15, 0.2) is 0 Å². The van der Waals surface area contributed by atoms with Gasteiger partial charge in [0.05, 0.1) is 16.6 Å². The molecule has 3 rings (SSSR count). The standard InChI is InChI=1S/C14H16N2O3S/c1-14(5-2-6-20-14)8-16-11-4-3-9(12(17)18)7-10(11)15-13(16)19/h3-4,7H,2,5-6,8H2,1H3,(H,15,19)(H,17,18). The number of carboxylic acid groups (broad SMARTS) is 1. The van der Waals surface area contributed by atoms with Gasteiger partial charge < -0.3 is 10.1 Å². The Labute approximate surface area is 120 Å². The Morgan fingerprint density at radius 3 is 3.00 bits per heavy atom. The zero-order chi connectivity index (χ0) is 14.3. The van der Waals surface area contributed by atoms with Crippen molar-refractivity contribution in [2.24, 2.45) is 0 Å². The monoisotopic (exact) mass is 292 g/mol. The highest BCUT2D eigenvalue weighted by Gasteiger charge is 2.31. The summed E-state index contributed by atoms with van der Waals surface area (Å²) in [6.07, 6.45) is 2.28. The molecule has 0 spiro atoms. The molecule has 1 aromatic heterocycles. The molecule has 1 saturated heterocycles. The van der Waals surface area contributed by atoms with Crippen LogP contribution >= 0.6 is 11.8 Å². The summed E-state index contributed by atoms with van der Waals surface area (Å²) in [5.74, 6) is 0.148. The molecule has 2 aromatic rings. The molecule has 2 N–H and O–H groups in total. The van der Waals surface area contributed by atoms with Crippen LogP contribution in [-0.2, 0) is 6.54 Å². The SMILES string of the molecule is CC1(Cn2c(=O)[nH]c3cc(C(=O)O)ccc32)CCCS1. The van der Waals surface area contributed by atoms with Gasteiger partial charge in [-0.05, 0) is 43.7 Å². The molecule has 1 aromatic carbocycles. The van der Waals surface area contributed by atoms with Crippen LogP contribution in [0.2, 0.25) is 0 Å². The normalized spacial score (nSPS) is 22.4. The lowest BCUT2D eigenvalue weighted by atomic mass is 10.1. The number of aromatic amines is 1. The van der Waals surface area contributed by atoms with Crippen LogP contribution in [0.4, 0.5) is 0 Å². The molecule has 0 saturated carbocycles. The van der Waals surface area contributed by atoms with E-state index in [1.165, 1.54) is 12.5 Å². The Kier molecular flexibility index (Phi) is 3.12. The Balaban J connectivity index is 2.05. The number of rotatable bonds is 3. The highest BCUT2D eigenvalue weighted by molar-refractivity contribution is 8.00. The Hall–Kier alpha value is -1.69. The van der Waals surface area contributed by atoms with Gasteiger partial charge in [-0.3, -0.25) is 4.57 Å². The van der Waals surface area contributed by atoms with E-state index in [9.17, 15) is 9.59 Å². The van der Waals surface area contributed by atoms with Crippen molar-refractivity contribution in [3.05, 3.63) is 34.2 Å². The van der Waals surface area contributed by atoms with Gasteiger partial charge in [-0.2, -0.15) is 11.8 Å². The number of nitrogens with zero attached hydrogens (tertiary/aromatic N) is 1. The van der Waals surface area contributed by atoms with Gasteiger partial charge in [-0.15, -0.1) is 0 Å². The predicted molar refractivity (Wildman–Crippen MR) is 79.6 cm³/mol. The molecule has 0 radical (unpaired) electrons. The maximum Gasteiger partial charge on any atom is 0.335 e. The van der Waals surface area contributed by atoms with Crippen molar-refractivity contribution in [1.29, 1.82) is 0 Å². The average molecular weight is 292 g/mol. The van der Waals surface area contributed by atoms with Crippen LogP contribution in [0.3, 0.4) is 0 Å². The number of carboxylic acids is 1. The Morgan fingerprint density at radius 1 is 1.55 bits per heavy atom. The Bertz CT molecular complexity index is 726. The van der Waals surface area contributed by atoms with E-state index in [2.05, 4.69) is 11.9 Å². The number of carbonyl (C=O) groups is 1. The second kappa shape index (κ2) is 4.70. The fourth-order valence-electron chi connectivity index (χ4n) is 2.75. The van der Waals surface area contributed by atoms with Gasteiger partial charge in [0.2, 0.25) is 0 Å². The summed E-state index contributed by atoms with van der Waals surface area (Å²) in [4.78, 5) is 25.8. The fraction of sp³-hybridized carbons (Fsp3) is 0.429. The van der Waals surface area contributed by atoms with Gasteiger partial charge >= 0.3 is 11.7 Å². The zero-order valence-corrected chi connectivity index (χ0v) is 12.0. The molecule has 2 heterocycles. The molecule has 1 unspecified atom stereocenters. The molecule has 0 bridgehead atoms. The summed E-state index contributed by atoms with van der Waals surface area (Å²) in [6, 6.07) is 4.76. The van der Waals surface area contributed by atoms with E-state index in [0.29, 0.717) is 12.1 Å². The van der Waals surface area contributed by atoms with Gasteiger partial charge in [0.25, 0.3) is 0 Å². The number of nitrogens with one attached hydrogen (secondary N) is 1. The first-order chi connectivity index (χ1) is 9.48. The van der Waals surface area contributed by atoms with Crippen LogP contribution in [0.25, 0.3) is 11.0 Å². The minimum atomic E-state index is -0.987. The van der Waals surface area contributed by atoms with E-state index < -0.39 is 5.97 Å². The summed E-state index contributed by atoms with van der Waals surface area (Å²) >= 11 is 1.90. The average Bonchev–Trinajstić information content (AvgIpc) is 2.95. The van der Waals surface area contributed by atoms with Crippen molar-refractivity contribution in [2.45, 2.75) is 31.1 Å². The van der Waals surface area contributed by atoms with Crippen molar-refractivity contribution in [1.82, 2.24) is 9.55 Å². The largest absolute Gasteiger partial charge is 0.478 e. The van der Waals surface area contributed by atoms with E-state index >= 15 is 0 Å². The summed E-state index contributed by atoms with van der Waals surface area (Å²) in [6.45, 7) is 2.84. The molecule has 106 valence electrons. The van der Waals surface area contributed by atoms with Crippen LogP contribution in [0, 0.1) is 0 Å². The van der Waals surface area contributed by atoms with Crippen molar-refractivity contribution in [3.8, 4) is 0 Å². The number of hydrogen-bond donors (Lipinski definition) is 2. The van der Waals surface area contributed by atoms with Crippen molar-refractivity contribution < 1.29 is 9.90 Å². The third kappa shape index (κ3) is 2.24. The van der Waals surface area contributed by atoms with Crippen molar-refractivity contribution >= 4 is 28.8 Å². The second-order valence-electron chi connectivity index (χ2n) is 5.46. The van der Waals surface area contributed by atoms with Gasteiger partial charge in [-0.1, -0.05) is 0 Å². The van der Waals surface area contributed by atoms with E-state index in [-0.39, 0.29) is 16.0 Å². The first-order valence-corrected chi connectivity index (χ1v) is 7.57. The summed E-state index contributed by atoms with van der Waals surface area (Å²) < 4.78 is 1.81. The highest BCUT2D eigenvalue weighted by atomic mass is 32.2. The molecule has 0 amide bonds. The lowest BCUT2D eigenvalue weighted by Gasteiger charge is -2.22. The molecule has 1 aliphatic rings. The quantitative estimate of drug-likeness (QED) is 0.910. The first-order valence-electron chi connectivity index (χ1n) is 6.58. The molecule has 0 aliphatic carbocycles. The minimum Gasteiger partial charge on any atom is -0.478 e. The Morgan fingerprint density at radius 2 is 2.35 bits per heavy atom. The summed E-state index contributed by atoms with van der Waals surface area (Å²) in [5, 5.41) is 8.99. The number of aromatic nitrogens is 2. The number of aromatic carboxylic acids is 1. The van der Waals surface area contributed by atoms with Gasteiger partial charge in [0, 0.05) is 11.3 Å². The van der Waals surface area contributed by atoms with Crippen LogP contribution < -0.4 is 5.69 Å². The number of thioether (sulfide) groups is 1. The predicted octanol–water partition coefficient (Wildman–Crippen LogP) is 2.31. The van der Waals surface area contributed by atoms with E-state index in [4.69, 9.17) is 5.11 Å². The van der Waals surface area contributed by atoms with Crippen LogP contribution in [0.5, 0.6) is 0 Å². The molecular formula is C14H16N2O3S. The highest BCUT2D eigenvalue weighted by Crippen LogP contribution is 2.39. The third-order valence-corrected chi connectivity index (χ3v) is 5.34. The summed E-state index contributed by atoms with van der Waals surface area (Å²) in [5.41, 5.74) is 1.37. The summed E-state index contributed by atoms with van der Waals surface area (Å²) in [7, 11) is 0. The number of fused-ring (bicyclic) bond motifs is 1. The number of benzene rings is 1. The fourth-order valence-corrected chi connectivity index (χ4v) is 4.04. The van der Waals surface area contributed by atoms with Crippen molar-refractivity contribution in [2.75, 3.05) is 5.75 Å². The van der Waals surface area contributed by atoms with Crippen molar-refractivity contribution in [3.63, 3.8) is 0 Å². The van der Waals surface area contributed by atoms with E-state index in [1.54, 1.807) is 16.7 Å². The molecule has 6 heteroatoms. The molecular weight excluding hydrogens is 276 g/mol. The molecule has 1 fully saturated rings. The third-order valence-electron chi connectivity index (χ3n) is 3.81. The first kappa shape index (κ1) is 13.3. The zero-order valence-electron chi connectivity index (χ0n) is 11.2. The number of H-pyrrole nitrogens is 1. The van der Waals surface area contributed by atoms with Gasteiger partial charge in [-0.25, -0.2) is 9.59 Å². The van der Waals surface area contributed by atoms with E-state index in [1.807, 2.05) is 11.8 Å². The smallest absolute Gasteiger partial charge is 0.335 e. The molecule has 5 nitrogen and oxygen atoms in total. The maximum atomic E-state index is 12.1. The maximum absolute atomic E-state index is 12.1.